The van der Waals surface area contributed by atoms with Gasteiger partial charge in [0.25, 0.3) is 0 Å². The molecule has 0 radical (unpaired) electrons. The van der Waals surface area contributed by atoms with E-state index >= 15 is 0 Å². The monoisotopic (exact) mass is 268 g/mol. The van der Waals surface area contributed by atoms with Crippen LogP contribution in [0.25, 0.3) is 0 Å². The van der Waals surface area contributed by atoms with Gasteiger partial charge in [-0.1, -0.05) is 13.8 Å². The minimum atomic E-state index is -0.155. The number of ether oxygens (including phenoxy) is 1. The summed E-state index contributed by atoms with van der Waals surface area (Å²) in [7, 11) is 1.97. The first-order valence-electron chi connectivity index (χ1n) is 6.73. The zero-order valence-electron chi connectivity index (χ0n) is 12.3. The molecule has 0 aliphatic carbocycles. The van der Waals surface area contributed by atoms with Crippen molar-refractivity contribution < 1.29 is 9.53 Å². The number of rotatable bonds is 8. The van der Waals surface area contributed by atoms with Crippen molar-refractivity contribution in [1.82, 2.24) is 19.7 Å². The molecule has 1 aromatic heterocycles. The third kappa shape index (κ3) is 5.83. The number of nitrogens with zero attached hydrogens (tertiary/aromatic N) is 4. The molecule has 0 saturated heterocycles. The molecule has 0 saturated carbocycles. The molecule has 0 bridgehead atoms. The van der Waals surface area contributed by atoms with Crippen molar-refractivity contribution in [3.63, 3.8) is 0 Å². The standard InChI is InChI=1S/C13H24N4O2/c1-5-19-13(18)6-7-16(4)9-12-14-10-15-17(12)8-11(2)3/h10-11H,5-9H2,1-4H3. The molecule has 0 fully saturated rings. The SMILES string of the molecule is CCOC(=O)CCN(C)Cc1ncnn1CC(C)C. The van der Waals surface area contributed by atoms with Crippen molar-refractivity contribution in [3.05, 3.63) is 12.2 Å². The number of hydrogen-bond acceptors (Lipinski definition) is 5. The second-order valence-electron chi connectivity index (χ2n) is 5.05. The summed E-state index contributed by atoms with van der Waals surface area (Å²) >= 11 is 0. The summed E-state index contributed by atoms with van der Waals surface area (Å²) in [5.74, 6) is 1.31. The van der Waals surface area contributed by atoms with E-state index in [1.54, 1.807) is 6.33 Å². The molecule has 0 aliphatic heterocycles. The lowest BCUT2D eigenvalue weighted by Gasteiger charge is -2.16. The Kier molecular flexibility index (Phi) is 6.49. The van der Waals surface area contributed by atoms with Gasteiger partial charge in [-0.15, -0.1) is 0 Å². The maximum atomic E-state index is 11.3. The van der Waals surface area contributed by atoms with Gasteiger partial charge in [0.2, 0.25) is 0 Å². The van der Waals surface area contributed by atoms with E-state index in [2.05, 4.69) is 28.8 Å². The summed E-state index contributed by atoms with van der Waals surface area (Å²) in [4.78, 5) is 17.6. The summed E-state index contributed by atoms with van der Waals surface area (Å²) in [5, 5.41) is 4.22. The van der Waals surface area contributed by atoms with Gasteiger partial charge in [0.15, 0.2) is 0 Å². The largest absolute Gasteiger partial charge is 0.466 e. The van der Waals surface area contributed by atoms with Gasteiger partial charge in [-0.3, -0.25) is 9.69 Å². The van der Waals surface area contributed by atoms with Gasteiger partial charge >= 0.3 is 5.97 Å². The Hall–Kier alpha value is -1.43. The lowest BCUT2D eigenvalue weighted by atomic mass is 10.2. The molecule has 1 heterocycles. The quantitative estimate of drug-likeness (QED) is 0.665. The van der Waals surface area contributed by atoms with Gasteiger partial charge in [0.1, 0.15) is 12.2 Å². The Labute approximate surface area is 114 Å². The van der Waals surface area contributed by atoms with Crippen LogP contribution < -0.4 is 0 Å². The average Bonchev–Trinajstić information content (AvgIpc) is 2.73. The topological polar surface area (TPSA) is 60.2 Å². The minimum absolute atomic E-state index is 0.155. The average molecular weight is 268 g/mol. The van der Waals surface area contributed by atoms with Crippen LogP contribution in [0, 0.1) is 5.92 Å². The predicted octanol–water partition coefficient (Wildman–Crippen LogP) is 1.32. The smallest absolute Gasteiger partial charge is 0.307 e. The maximum Gasteiger partial charge on any atom is 0.307 e. The molecular weight excluding hydrogens is 244 g/mol. The van der Waals surface area contributed by atoms with Gasteiger partial charge in [-0.05, 0) is 19.9 Å². The predicted molar refractivity (Wildman–Crippen MR) is 72.4 cm³/mol. The lowest BCUT2D eigenvalue weighted by molar-refractivity contribution is -0.143. The normalized spacial score (nSPS) is 11.3. The summed E-state index contributed by atoms with van der Waals surface area (Å²) < 4.78 is 6.83. The van der Waals surface area contributed by atoms with Gasteiger partial charge in [0, 0.05) is 13.1 Å². The van der Waals surface area contributed by atoms with Crippen molar-refractivity contribution in [2.75, 3.05) is 20.2 Å². The molecule has 19 heavy (non-hydrogen) atoms. The van der Waals surface area contributed by atoms with Crippen LogP contribution in [0.2, 0.25) is 0 Å². The van der Waals surface area contributed by atoms with Crippen molar-refractivity contribution in [3.8, 4) is 0 Å². The van der Waals surface area contributed by atoms with E-state index in [4.69, 9.17) is 4.74 Å². The first-order chi connectivity index (χ1) is 9.02. The molecule has 108 valence electrons. The van der Waals surface area contributed by atoms with Crippen LogP contribution in [0.4, 0.5) is 0 Å². The van der Waals surface area contributed by atoms with E-state index < -0.39 is 0 Å². The molecule has 0 aliphatic rings. The Balaban J connectivity index is 2.41. The van der Waals surface area contributed by atoms with E-state index in [0.29, 0.717) is 32.0 Å². The summed E-state index contributed by atoms with van der Waals surface area (Å²) in [5.41, 5.74) is 0. The van der Waals surface area contributed by atoms with Crippen LogP contribution in [0.1, 0.15) is 33.0 Å². The second-order valence-corrected chi connectivity index (χ2v) is 5.05. The van der Waals surface area contributed by atoms with E-state index in [1.165, 1.54) is 0 Å². The Bertz CT molecular complexity index is 390. The fourth-order valence-corrected chi connectivity index (χ4v) is 1.74. The molecule has 6 heteroatoms. The van der Waals surface area contributed by atoms with Crippen molar-refractivity contribution in [2.24, 2.45) is 5.92 Å². The zero-order chi connectivity index (χ0) is 14.3. The highest BCUT2D eigenvalue weighted by atomic mass is 16.5. The highest BCUT2D eigenvalue weighted by molar-refractivity contribution is 5.69. The van der Waals surface area contributed by atoms with Crippen LogP contribution in [-0.2, 0) is 22.6 Å². The molecule has 0 amide bonds. The van der Waals surface area contributed by atoms with Crippen molar-refractivity contribution >= 4 is 5.97 Å². The van der Waals surface area contributed by atoms with Gasteiger partial charge in [0.05, 0.1) is 19.6 Å². The van der Waals surface area contributed by atoms with Crippen LogP contribution in [0.3, 0.4) is 0 Å². The highest BCUT2D eigenvalue weighted by Gasteiger charge is 2.10. The second kappa shape index (κ2) is 7.89. The molecule has 6 nitrogen and oxygen atoms in total. The van der Waals surface area contributed by atoms with Crippen LogP contribution in [-0.4, -0.2) is 45.8 Å². The zero-order valence-corrected chi connectivity index (χ0v) is 12.3. The summed E-state index contributed by atoms with van der Waals surface area (Å²) in [6.07, 6.45) is 1.99. The molecule has 1 rings (SSSR count). The number of carbonyl (C=O) groups is 1. The number of hydrogen-bond donors (Lipinski definition) is 0. The number of esters is 1. The fraction of sp³-hybridized carbons (Fsp3) is 0.769. The Morgan fingerprint density at radius 2 is 2.26 bits per heavy atom. The fourth-order valence-electron chi connectivity index (χ4n) is 1.74. The maximum absolute atomic E-state index is 11.3. The molecule has 0 atom stereocenters. The molecule has 0 unspecified atom stereocenters. The highest BCUT2D eigenvalue weighted by Crippen LogP contribution is 2.04. The third-order valence-corrected chi connectivity index (χ3v) is 2.65. The third-order valence-electron chi connectivity index (χ3n) is 2.65. The lowest BCUT2D eigenvalue weighted by Crippen LogP contribution is -2.24. The number of carbonyl (C=O) groups excluding carboxylic acids is 1. The summed E-state index contributed by atoms with van der Waals surface area (Å²) in [6.45, 7) is 8.76. The van der Waals surface area contributed by atoms with Crippen LogP contribution in [0.15, 0.2) is 6.33 Å². The van der Waals surface area contributed by atoms with Gasteiger partial charge in [-0.25, -0.2) is 9.67 Å². The number of aromatic nitrogens is 3. The van der Waals surface area contributed by atoms with Crippen molar-refractivity contribution in [2.45, 2.75) is 40.3 Å². The van der Waals surface area contributed by atoms with Crippen LogP contribution >= 0.6 is 0 Å². The molecule has 0 aromatic carbocycles. The minimum Gasteiger partial charge on any atom is -0.466 e. The van der Waals surface area contributed by atoms with Gasteiger partial charge < -0.3 is 4.74 Å². The van der Waals surface area contributed by atoms with E-state index in [1.807, 2.05) is 18.7 Å². The Morgan fingerprint density at radius 3 is 2.89 bits per heavy atom. The van der Waals surface area contributed by atoms with Gasteiger partial charge in [-0.2, -0.15) is 5.10 Å². The molecular formula is C13H24N4O2. The van der Waals surface area contributed by atoms with E-state index in [0.717, 1.165) is 12.4 Å². The molecule has 1 aromatic rings. The van der Waals surface area contributed by atoms with Crippen molar-refractivity contribution in [1.29, 1.82) is 0 Å². The molecule has 0 N–H and O–H groups in total. The Morgan fingerprint density at radius 1 is 1.53 bits per heavy atom. The van der Waals surface area contributed by atoms with Crippen LogP contribution in [0.5, 0.6) is 0 Å². The first kappa shape index (κ1) is 15.6. The molecule has 0 spiro atoms. The van der Waals surface area contributed by atoms with E-state index in [9.17, 15) is 4.79 Å². The first-order valence-corrected chi connectivity index (χ1v) is 6.73. The summed E-state index contributed by atoms with van der Waals surface area (Å²) in [6, 6.07) is 0. The van der Waals surface area contributed by atoms with E-state index in [-0.39, 0.29) is 5.97 Å².